The smallest absolute Gasteiger partial charge is 0.270 e. The van der Waals surface area contributed by atoms with Gasteiger partial charge in [0, 0.05) is 17.7 Å². The molecule has 0 fully saturated rings. The lowest BCUT2D eigenvalue weighted by Crippen LogP contribution is -1.98. The molecule has 0 bridgehead atoms. The molecule has 0 aliphatic rings. The van der Waals surface area contributed by atoms with Crippen LogP contribution in [0.5, 0.6) is 0 Å². The summed E-state index contributed by atoms with van der Waals surface area (Å²) < 4.78 is 6.36. The van der Waals surface area contributed by atoms with Gasteiger partial charge in [-0.05, 0) is 18.2 Å². The zero-order chi connectivity index (χ0) is 17.2. The summed E-state index contributed by atoms with van der Waals surface area (Å²) in [5, 5.41) is 22.6. The number of aromatic nitrogens is 3. The molecule has 0 amide bonds. The first-order chi connectivity index (χ1) is 12.2. The van der Waals surface area contributed by atoms with E-state index in [0.29, 0.717) is 29.0 Å². The summed E-state index contributed by atoms with van der Waals surface area (Å²) in [4.78, 5) is 14.8. The molecule has 124 valence electrons. The van der Waals surface area contributed by atoms with Crippen molar-refractivity contribution in [3.63, 3.8) is 0 Å². The number of anilines is 1. The minimum atomic E-state index is -0.421. The number of rotatable bonds is 5. The Balaban J connectivity index is 1.49. The van der Waals surface area contributed by atoms with Crippen molar-refractivity contribution in [3.8, 4) is 11.5 Å². The van der Waals surface area contributed by atoms with Crippen LogP contribution in [0, 0.1) is 10.1 Å². The Hall–Kier alpha value is -3.33. The SMILES string of the molecule is O=[N+]([O-])c1ccc2nc(NCc3nnc(-c4ccccc4)o3)sc2c1. The lowest BCUT2D eigenvalue weighted by atomic mass is 10.2. The number of nitrogens with zero attached hydrogens (tertiary/aromatic N) is 4. The summed E-state index contributed by atoms with van der Waals surface area (Å²) in [6, 6.07) is 14.1. The van der Waals surface area contributed by atoms with Crippen LogP contribution in [0.3, 0.4) is 0 Å². The Morgan fingerprint density at radius 3 is 2.80 bits per heavy atom. The largest absolute Gasteiger partial charge is 0.419 e. The third-order valence-corrected chi connectivity index (χ3v) is 4.44. The molecule has 9 heteroatoms. The van der Waals surface area contributed by atoms with Gasteiger partial charge in [0.1, 0.15) is 0 Å². The van der Waals surface area contributed by atoms with Gasteiger partial charge >= 0.3 is 0 Å². The van der Waals surface area contributed by atoms with Crippen LogP contribution < -0.4 is 5.32 Å². The van der Waals surface area contributed by atoms with E-state index in [2.05, 4.69) is 20.5 Å². The summed E-state index contributed by atoms with van der Waals surface area (Å²) >= 11 is 1.33. The van der Waals surface area contributed by atoms with E-state index in [1.54, 1.807) is 6.07 Å². The van der Waals surface area contributed by atoms with E-state index in [4.69, 9.17) is 4.42 Å². The molecular formula is C16H11N5O3S. The number of hydrogen-bond acceptors (Lipinski definition) is 8. The van der Waals surface area contributed by atoms with Gasteiger partial charge in [0.05, 0.1) is 21.7 Å². The van der Waals surface area contributed by atoms with E-state index in [1.165, 1.54) is 23.5 Å². The number of nitro benzene ring substituents is 1. The molecule has 0 saturated heterocycles. The maximum absolute atomic E-state index is 10.8. The first-order valence-corrected chi connectivity index (χ1v) is 8.17. The lowest BCUT2D eigenvalue weighted by molar-refractivity contribution is -0.384. The van der Waals surface area contributed by atoms with Gasteiger partial charge in [-0.2, -0.15) is 0 Å². The van der Waals surface area contributed by atoms with E-state index in [-0.39, 0.29) is 5.69 Å². The molecule has 8 nitrogen and oxygen atoms in total. The molecule has 2 aromatic carbocycles. The highest BCUT2D eigenvalue weighted by Gasteiger charge is 2.12. The Labute approximate surface area is 145 Å². The van der Waals surface area contributed by atoms with Crippen molar-refractivity contribution < 1.29 is 9.34 Å². The van der Waals surface area contributed by atoms with Gasteiger partial charge in [-0.25, -0.2) is 4.98 Å². The van der Waals surface area contributed by atoms with Crippen LogP contribution in [0.4, 0.5) is 10.8 Å². The zero-order valence-electron chi connectivity index (χ0n) is 12.7. The fourth-order valence-corrected chi connectivity index (χ4v) is 3.17. The van der Waals surface area contributed by atoms with Crippen molar-refractivity contribution >= 4 is 32.4 Å². The van der Waals surface area contributed by atoms with Crippen LogP contribution in [0.25, 0.3) is 21.7 Å². The lowest BCUT2D eigenvalue weighted by Gasteiger charge is -1.96. The molecular weight excluding hydrogens is 342 g/mol. The first-order valence-electron chi connectivity index (χ1n) is 7.36. The highest BCUT2D eigenvalue weighted by molar-refractivity contribution is 7.22. The topological polar surface area (TPSA) is 107 Å². The second kappa shape index (κ2) is 6.29. The Morgan fingerprint density at radius 1 is 1.16 bits per heavy atom. The molecule has 0 radical (unpaired) electrons. The van der Waals surface area contributed by atoms with E-state index in [1.807, 2.05) is 30.3 Å². The maximum Gasteiger partial charge on any atom is 0.270 e. The van der Waals surface area contributed by atoms with Gasteiger partial charge in [0.2, 0.25) is 11.8 Å². The maximum atomic E-state index is 10.8. The molecule has 2 heterocycles. The van der Waals surface area contributed by atoms with Crippen LogP contribution in [-0.4, -0.2) is 20.1 Å². The number of benzene rings is 2. The van der Waals surface area contributed by atoms with Gasteiger partial charge in [0.15, 0.2) is 5.13 Å². The van der Waals surface area contributed by atoms with Crippen LogP contribution in [-0.2, 0) is 6.54 Å². The number of hydrogen-bond donors (Lipinski definition) is 1. The van der Waals surface area contributed by atoms with Crippen LogP contribution in [0.1, 0.15) is 5.89 Å². The number of nitrogens with one attached hydrogen (secondary N) is 1. The Morgan fingerprint density at radius 2 is 2.00 bits per heavy atom. The molecule has 25 heavy (non-hydrogen) atoms. The molecule has 4 aromatic rings. The van der Waals surface area contributed by atoms with Gasteiger partial charge < -0.3 is 9.73 Å². The second-order valence-electron chi connectivity index (χ2n) is 5.15. The van der Waals surface area contributed by atoms with Gasteiger partial charge in [0.25, 0.3) is 5.69 Å². The molecule has 0 spiro atoms. The van der Waals surface area contributed by atoms with Crippen molar-refractivity contribution in [2.24, 2.45) is 0 Å². The fraction of sp³-hybridized carbons (Fsp3) is 0.0625. The average Bonchev–Trinajstić information content (AvgIpc) is 3.26. The second-order valence-corrected chi connectivity index (χ2v) is 6.18. The number of fused-ring (bicyclic) bond motifs is 1. The highest BCUT2D eigenvalue weighted by atomic mass is 32.1. The van der Waals surface area contributed by atoms with Gasteiger partial charge in [-0.15, -0.1) is 10.2 Å². The first kappa shape index (κ1) is 15.2. The monoisotopic (exact) mass is 353 g/mol. The van der Waals surface area contributed by atoms with E-state index < -0.39 is 4.92 Å². The average molecular weight is 353 g/mol. The minimum absolute atomic E-state index is 0.0482. The van der Waals surface area contributed by atoms with Crippen molar-refractivity contribution in [1.29, 1.82) is 0 Å². The molecule has 0 atom stereocenters. The normalized spacial score (nSPS) is 10.9. The predicted octanol–water partition coefficient (Wildman–Crippen LogP) is 3.87. The predicted molar refractivity (Wildman–Crippen MR) is 93.3 cm³/mol. The van der Waals surface area contributed by atoms with Crippen LogP contribution in [0.2, 0.25) is 0 Å². The van der Waals surface area contributed by atoms with Crippen molar-refractivity contribution in [3.05, 3.63) is 64.5 Å². The summed E-state index contributed by atoms with van der Waals surface area (Å²) in [6.07, 6.45) is 0. The quantitative estimate of drug-likeness (QED) is 0.429. The van der Waals surface area contributed by atoms with E-state index >= 15 is 0 Å². The van der Waals surface area contributed by atoms with Crippen molar-refractivity contribution in [1.82, 2.24) is 15.2 Å². The molecule has 0 unspecified atom stereocenters. The molecule has 2 aromatic heterocycles. The number of thiazole rings is 1. The molecule has 1 N–H and O–H groups in total. The molecule has 0 aliphatic heterocycles. The van der Waals surface area contributed by atoms with Gasteiger partial charge in [-0.1, -0.05) is 29.5 Å². The Kier molecular flexibility index (Phi) is 3.82. The Bertz CT molecular complexity index is 1040. The summed E-state index contributed by atoms with van der Waals surface area (Å²) in [6.45, 7) is 0.321. The van der Waals surface area contributed by atoms with Crippen LogP contribution in [0.15, 0.2) is 52.9 Å². The summed E-state index contributed by atoms with van der Waals surface area (Å²) in [5.41, 5.74) is 1.61. The molecule has 0 saturated carbocycles. The standard InChI is InChI=1S/C16H11N5O3S/c22-21(23)11-6-7-12-13(8-11)25-16(18-12)17-9-14-19-20-15(24-14)10-4-2-1-3-5-10/h1-8H,9H2,(H,17,18). The third kappa shape index (κ3) is 3.17. The molecule has 4 rings (SSSR count). The zero-order valence-corrected chi connectivity index (χ0v) is 13.6. The number of non-ortho nitro benzene ring substituents is 1. The fourth-order valence-electron chi connectivity index (χ4n) is 2.28. The van der Waals surface area contributed by atoms with Crippen LogP contribution >= 0.6 is 11.3 Å². The van der Waals surface area contributed by atoms with E-state index in [0.717, 1.165) is 10.3 Å². The third-order valence-electron chi connectivity index (χ3n) is 3.46. The highest BCUT2D eigenvalue weighted by Crippen LogP contribution is 2.29. The van der Waals surface area contributed by atoms with E-state index in [9.17, 15) is 10.1 Å². The summed E-state index contributed by atoms with van der Waals surface area (Å²) in [7, 11) is 0. The van der Waals surface area contributed by atoms with Gasteiger partial charge in [-0.3, -0.25) is 10.1 Å². The van der Waals surface area contributed by atoms with Crippen molar-refractivity contribution in [2.45, 2.75) is 6.54 Å². The summed E-state index contributed by atoms with van der Waals surface area (Å²) in [5.74, 6) is 0.890. The van der Waals surface area contributed by atoms with Crippen molar-refractivity contribution in [2.75, 3.05) is 5.32 Å². The minimum Gasteiger partial charge on any atom is -0.419 e. The molecule has 0 aliphatic carbocycles. The number of nitro groups is 1.